The monoisotopic (exact) mass is 327 g/mol. The van der Waals surface area contributed by atoms with Crippen LogP contribution in [0.3, 0.4) is 0 Å². The molecule has 0 unspecified atom stereocenters. The zero-order chi connectivity index (χ0) is 14.9. The lowest BCUT2D eigenvalue weighted by atomic mass is 10.1. The predicted octanol–water partition coefficient (Wildman–Crippen LogP) is 4.67. The van der Waals surface area contributed by atoms with Gasteiger partial charge in [-0.2, -0.15) is 0 Å². The lowest BCUT2D eigenvalue weighted by Gasteiger charge is -2.06. The van der Waals surface area contributed by atoms with E-state index < -0.39 is 0 Å². The van der Waals surface area contributed by atoms with E-state index in [-0.39, 0.29) is 5.82 Å². The summed E-state index contributed by atoms with van der Waals surface area (Å²) in [7, 11) is 0. The van der Waals surface area contributed by atoms with Gasteiger partial charge in [0.15, 0.2) is 0 Å². The summed E-state index contributed by atoms with van der Waals surface area (Å²) in [6.07, 6.45) is 3.30. The lowest BCUT2D eigenvalue weighted by molar-refractivity contribution is 0.628. The molecule has 0 bridgehead atoms. The Hall–Kier alpha value is -2.05. The van der Waals surface area contributed by atoms with E-state index in [2.05, 4.69) is 15.0 Å². The molecule has 0 spiro atoms. The highest BCUT2D eigenvalue weighted by Crippen LogP contribution is 2.32. The highest BCUT2D eigenvalue weighted by Gasteiger charge is 2.09. The van der Waals surface area contributed by atoms with Crippen molar-refractivity contribution in [1.82, 2.24) is 15.0 Å². The van der Waals surface area contributed by atoms with Gasteiger partial charge in [0.05, 0.1) is 15.7 Å². The maximum absolute atomic E-state index is 13.8. The molecule has 22 heavy (non-hydrogen) atoms. The zero-order valence-electron chi connectivity index (χ0n) is 11.4. The van der Waals surface area contributed by atoms with Crippen LogP contribution in [0.15, 0.2) is 53.3 Å². The summed E-state index contributed by atoms with van der Waals surface area (Å²) in [6, 6.07) is 8.73. The third kappa shape index (κ3) is 2.44. The molecule has 1 aromatic carbocycles. The van der Waals surface area contributed by atoms with Gasteiger partial charge in [0.25, 0.3) is 0 Å². The Morgan fingerprint density at radius 1 is 1.14 bits per heavy atom. The summed E-state index contributed by atoms with van der Waals surface area (Å²) < 4.78 is 14.8. The summed E-state index contributed by atoms with van der Waals surface area (Å²) in [5.41, 5.74) is 2.67. The first-order valence-corrected chi connectivity index (χ1v) is 8.52. The lowest BCUT2D eigenvalue weighted by Crippen LogP contribution is -1.91. The fourth-order valence-electron chi connectivity index (χ4n) is 2.35. The molecule has 0 amide bonds. The van der Waals surface area contributed by atoms with E-state index in [9.17, 15) is 4.39 Å². The molecule has 6 heteroatoms. The molecule has 4 aromatic rings. The molecule has 3 heterocycles. The Kier molecular flexibility index (Phi) is 3.48. The van der Waals surface area contributed by atoms with Gasteiger partial charge in [-0.15, -0.1) is 23.1 Å². The van der Waals surface area contributed by atoms with Crippen molar-refractivity contribution in [2.75, 3.05) is 0 Å². The Morgan fingerprint density at radius 2 is 2.09 bits per heavy atom. The minimum atomic E-state index is -0.236. The first-order valence-electron chi connectivity index (χ1n) is 6.65. The van der Waals surface area contributed by atoms with Crippen LogP contribution >= 0.6 is 23.1 Å². The second-order valence-electron chi connectivity index (χ2n) is 4.74. The first-order chi connectivity index (χ1) is 10.8. The van der Waals surface area contributed by atoms with Crippen molar-refractivity contribution in [3.63, 3.8) is 0 Å². The molecule has 3 aromatic heterocycles. The number of thiophene rings is 1. The maximum Gasteiger partial charge on any atom is 0.124 e. The van der Waals surface area contributed by atoms with Crippen LogP contribution in [0.2, 0.25) is 0 Å². The normalized spacial score (nSPS) is 11.3. The third-order valence-corrected chi connectivity index (χ3v) is 5.40. The molecule has 0 saturated carbocycles. The summed E-state index contributed by atoms with van der Waals surface area (Å²) in [5, 5.41) is 3.75. The number of halogens is 1. The van der Waals surface area contributed by atoms with Gasteiger partial charge >= 0.3 is 0 Å². The van der Waals surface area contributed by atoms with Gasteiger partial charge in [0.1, 0.15) is 17.2 Å². The van der Waals surface area contributed by atoms with Crippen molar-refractivity contribution >= 4 is 44.2 Å². The standard InChI is InChI=1S/C16H10FN3S2/c17-12-6-10-2-1-4-18-14(10)11(7-12)8-22-16-15-13(3-5-21-15)19-9-20-16/h1-7,9H,8H2. The predicted molar refractivity (Wildman–Crippen MR) is 88.7 cm³/mol. The van der Waals surface area contributed by atoms with Crippen molar-refractivity contribution in [2.45, 2.75) is 10.8 Å². The zero-order valence-corrected chi connectivity index (χ0v) is 13.0. The Morgan fingerprint density at radius 3 is 3.05 bits per heavy atom. The summed E-state index contributed by atoms with van der Waals surface area (Å²) in [6.45, 7) is 0. The molecule has 0 fully saturated rings. The molecule has 0 aliphatic heterocycles. The van der Waals surface area contributed by atoms with E-state index in [1.54, 1.807) is 41.7 Å². The molecule has 0 N–H and O–H groups in total. The molecular weight excluding hydrogens is 317 g/mol. The van der Waals surface area contributed by atoms with Crippen LogP contribution in [-0.2, 0) is 5.75 Å². The van der Waals surface area contributed by atoms with Gasteiger partial charge in [-0.05, 0) is 35.2 Å². The number of rotatable bonds is 3. The second kappa shape index (κ2) is 5.62. The fourth-order valence-corrected chi connectivity index (χ4v) is 4.27. The number of thioether (sulfide) groups is 1. The third-order valence-electron chi connectivity index (χ3n) is 3.32. The number of pyridine rings is 1. The largest absolute Gasteiger partial charge is 0.256 e. The van der Waals surface area contributed by atoms with Gasteiger partial charge in [-0.25, -0.2) is 14.4 Å². The van der Waals surface area contributed by atoms with Crippen LogP contribution in [0.4, 0.5) is 4.39 Å². The second-order valence-corrected chi connectivity index (χ2v) is 6.62. The van der Waals surface area contributed by atoms with Crippen molar-refractivity contribution < 1.29 is 4.39 Å². The number of nitrogens with zero attached hydrogens (tertiary/aromatic N) is 3. The SMILES string of the molecule is Fc1cc(CSc2ncnc3ccsc23)c2ncccc2c1. The maximum atomic E-state index is 13.8. The first kappa shape index (κ1) is 13.6. The Bertz CT molecular complexity index is 968. The van der Waals surface area contributed by atoms with E-state index in [4.69, 9.17) is 0 Å². The van der Waals surface area contributed by atoms with Crippen molar-refractivity contribution in [3.05, 3.63) is 59.6 Å². The number of hydrogen-bond donors (Lipinski definition) is 0. The average Bonchev–Trinajstić information content (AvgIpc) is 3.01. The quantitative estimate of drug-likeness (QED) is 0.405. The smallest absolute Gasteiger partial charge is 0.124 e. The highest BCUT2D eigenvalue weighted by molar-refractivity contribution is 7.98. The fraction of sp³-hybridized carbons (Fsp3) is 0.0625. The van der Waals surface area contributed by atoms with Crippen molar-refractivity contribution in [2.24, 2.45) is 0 Å². The molecule has 108 valence electrons. The van der Waals surface area contributed by atoms with Crippen molar-refractivity contribution in [3.8, 4) is 0 Å². The number of fused-ring (bicyclic) bond motifs is 2. The minimum Gasteiger partial charge on any atom is -0.256 e. The van der Waals surface area contributed by atoms with E-state index in [1.165, 1.54) is 6.07 Å². The van der Waals surface area contributed by atoms with Crippen LogP contribution in [-0.4, -0.2) is 15.0 Å². The van der Waals surface area contributed by atoms with Gasteiger partial charge in [0, 0.05) is 17.3 Å². The van der Waals surface area contributed by atoms with E-state index >= 15 is 0 Å². The summed E-state index contributed by atoms with van der Waals surface area (Å²) in [5.74, 6) is 0.384. The summed E-state index contributed by atoms with van der Waals surface area (Å²) >= 11 is 3.20. The highest BCUT2D eigenvalue weighted by atomic mass is 32.2. The molecule has 3 nitrogen and oxygen atoms in total. The Labute approximate surface area is 134 Å². The molecular formula is C16H10FN3S2. The molecule has 0 aliphatic carbocycles. The van der Waals surface area contributed by atoms with E-state index in [0.717, 1.165) is 31.7 Å². The van der Waals surface area contributed by atoms with Crippen LogP contribution in [0.1, 0.15) is 5.56 Å². The average molecular weight is 327 g/mol. The Balaban J connectivity index is 1.71. The van der Waals surface area contributed by atoms with Gasteiger partial charge in [-0.1, -0.05) is 6.07 Å². The minimum absolute atomic E-state index is 0.236. The van der Waals surface area contributed by atoms with Crippen LogP contribution in [0.5, 0.6) is 0 Å². The van der Waals surface area contributed by atoms with E-state index in [0.29, 0.717) is 5.75 Å². The van der Waals surface area contributed by atoms with Gasteiger partial charge in [-0.3, -0.25) is 4.98 Å². The number of aromatic nitrogens is 3. The number of benzene rings is 1. The molecule has 0 saturated heterocycles. The van der Waals surface area contributed by atoms with Crippen LogP contribution < -0.4 is 0 Å². The molecule has 0 aliphatic rings. The number of hydrogen-bond acceptors (Lipinski definition) is 5. The van der Waals surface area contributed by atoms with Crippen molar-refractivity contribution in [1.29, 1.82) is 0 Å². The molecule has 0 radical (unpaired) electrons. The van der Waals surface area contributed by atoms with Crippen LogP contribution in [0, 0.1) is 5.82 Å². The molecule has 4 rings (SSSR count). The molecule has 0 atom stereocenters. The topological polar surface area (TPSA) is 38.7 Å². The van der Waals surface area contributed by atoms with Gasteiger partial charge < -0.3 is 0 Å². The van der Waals surface area contributed by atoms with Crippen LogP contribution in [0.25, 0.3) is 21.1 Å². The summed E-state index contributed by atoms with van der Waals surface area (Å²) in [4.78, 5) is 13.0. The van der Waals surface area contributed by atoms with Gasteiger partial charge in [0.2, 0.25) is 0 Å². The van der Waals surface area contributed by atoms with E-state index in [1.807, 2.05) is 23.6 Å².